The minimum absolute atomic E-state index is 0.0352. The van der Waals surface area contributed by atoms with Crippen molar-refractivity contribution in [1.82, 2.24) is 5.43 Å². The number of fused-ring (bicyclic) bond motifs is 1. The van der Waals surface area contributed by atoms with Crippen molar-refractivity contribution in [2.75, 3.05) is 10.3 Å². The van der Waals surface area contributed by atoms with Crippen molar-refractivity contribution in [3.63, 3.8) is 0 Å². The number of alkyl halides is 3. The lowest BCUT2D eigenvalue weighted by Gasteiger charge is -2.38. The third kappa shape index (κ3) is 4.08. The molecule has 2 aromatic carbocycles. The summed E-state index contributed by atoms with van der Waals surface area (Å²) in [6, 6.07) is 7.28. The van der Waals surface area contributed by atoms with E-state index in [2.05, 4.69) is 10.7 Å². The number of anilines is 2. The highest BCUT2D eigenvalue weighted by molar-refractivity contribution is 6.07. The van der Waals surface area contributed by atoms with Crippen molar-refractivity contribution in [2.24, 2.45) is 11.8 Å². The molecular weight excluding hydrogens is 430 g/mol. The van der Waals surface area contributed by atoms with Gasteiger partial charge in [-0.25, -0.2) is 9.40 Å². The zero-order valence-electron chi connectivity index (χ0n) is 16.4. The number of rotatable bonds is 3. The van der Waals surface area contributed by atoms with Gasteiger partial charge in [0.2, 0.25) is 11.8 Å². The summed E-state index contributed by atoms with van der Waals surface area (Å²) in [6.07, 6.45) is -0.138. The second-order valence-corrected chi connectivity index (χ2v) is 7.50. The number of nitrogens with one attached hydrogen (secondary N) is 2. The van der Waals surface area contributed by atoms with E-state index in [0.29, 0.717) is 31.0 Å². The van der Waals surface area contributed by atoms with E-state index in [1.54, 1.807) is 0 Å². The molecule has 0 spiro atoms. The van der Waals surface area contributed by atoms with E-state index >= 15 is 0 Å². The second kappa shape index (κ2) is 8.10. The van der Waals surface area contributed by atoms with Crippen molar-refractivity contribution in [1.29, 1.82) is 0 Å². The molecule has 1 aliphatic carbocycles. The van der Waals surface area contributed by atoms with Crippen LogP contribution in [0.4, 0.5) is 28.9 Å². The van der Waals surface area contributed by atoms with Gasteiger partial charge in [0.1, 0.15) is 5.82 Å². The van der Waals surface area contributed by atoms with Crippen LogP contribution in [0.3, 0.4) is 0 Å². The van der Waals surface area contributed by atoms with Crippen molar-refractivity contribution in [3.05, 3.63) is 71.6 Å². The Kier molecular flexibility index (Phi) is 5.45. The summed E-state index contributed by atoms with van der Waals surface area (Å²) in [5.41, 5.74) is 0.951. The highest BCUT2D eigenvalue weighted by atomic mass is 19.4. The van der Waals surface area contributed by atoms with Crippen LogP contribution in [0.1, 0.15) is 28.8 Å². The predicted octanol–water partition coefficient (Wildman–Crippen LogP) is 4.06. The summed E-state index contributed by atoms with van der Waals surface area (Å²) in [7, 11) is 0. The monoisotopic (exact) mass is 447 g/mol. The predicted molar refractivity (Wildman–Crippen MR) is 107 cm³/mol. The van der Waals surface area contributed by atoms with E-state index < -0.39 is 41.0 Å². The Labute approximate surface area is 179 Å². The molecule has 0 aromatic heterocycles. The van der Waals surface area contributed by atoms with E-state index in [-0.39, 0.29) is 23.1 Å². The maximum atomic E-state index is 14.0. The molecule has 3 amide bonds. The van der Waals surface area contributed by atoms with Gasteiger partial charge in [-0.2, -0.15) is 13.2 Å². The zero-order valence-corrected chi connectivity index (χ0v) is 16.4. The van der Waals surface area contributed by atoms with Gasteiger partial charge in [0, 0.05) is 5.56 Å². The van der Waals surface area contributed by atoms with Crippen LogP contribution in [-0.2, 0) is 15.8 Å². The molecule has 2 aliphatic rings. The Balaban J connectivity index is 1.57. The molecule has 32 heavy (non-hydrogen) atoms. The average Bonchev–Trinajstić information content (AvgIpc) is 2.77. The maximum absolute atomic E-state index is 14.0. The molecule has 1 saturated heterocycles. The minimum Gasteiger partial charge on any atom is -0.319 e. The number of hydrogen-bond donors (Lipinski definition) is 2. The molecule has 6 nitrogen and oxygen atoms in total. The van der Waals surface area contributed by atoms with Crippen LogP contribution >= 0.6 is 0 Å². The van der Waals surface area contributed by atoms with E-state index in [4.69, 9.17) is 0 Å². The first-order valence-corrected chi connectivity index (χ1v) is 9.73. The molecule has 1 heterocycles. The lowest BCUT2D eigenvalue weighted by Crippen LogP contribution is -2.59. The quantitative estimate of drug-likeness (QED) is 0.550. The first-order valence-electron chi connectivity index (χ1n) is 9.73. The molecule has 1 fully saturated rings. The summed E-state index contributed by atoms with van der Waals surface area (Å²) in [5, 5.41) is 3.18. The Morgan fingerprint density at radius 1 is 1.03 bits per heavy atom. The number of carbonyl (C=O) groups is 3. The molecule has 0 bridgehead atoms. The number of halogens is 4. The number of nitrogens with zero attached hydrogens (tertiary/aromatic N) is 1. The number of benzene rings is 2. The number of amides is 3. The van der Waals surface area contributed by atoms with E-state index in [9.17, 15) is 31.9 Å². The fourth-order valence-corrected chi connectivity index (χ4v) is 3.76. The maximum Gasteiger partial charge on any atom is 0.416 e. The average molecular weight is 447 g/mol. The summed E-state index contributed by atoms with van der Waals surface area (Å²) in [6.45, 7) is 0. The van der Waals surface area contributed by atoms with Crippen molar-refractivity contribution in [3.8, 4) is 0 Å². The fraction of sp³-hybridized carbons (Fsp3) is 0.227. The fourth-order valence-electron chi connectivity index (χ4n) is 3.76. The van der Waals surface area contributed by atoms with Crippen LogP contribution in [0.5, 0.6) is 0 Å². The first kappa shape index (κ1) is 21.5. The van der Waals surface area contributed by atoms with Gasteiger partial charge in [-0.05, 0) is 49.2 Å². The highest BCUT2D eigenvalue weighted by Gasteiger charge is 2.42. The molecule has 4 rings (SSSR count). The number of hydrogen-bond acceptors (Lipinski definition) is 3. The van der Waals surface area contributed by atoms with Crippen molar-refractivity contribution >= 4 is 29.1 Å². The molecular formula is C22H17F4N3O3. The second-order valence-electron chi connectivity index (χ2n) is 7.50. The smallest absolute Gasteiger partial charge is 0.319 e. The Morgan fingerprint density at radius 3 is 2.47 bits per heavy atom. The van der Waals surface area contributed by atoms with Gasteiger partial charge in [0.25, 0.3) is 5.91 Å². The first-order chi connectivity index (χ1) is 15.1. The molecule has 1 aliphatic heterocycles. The third-order valence-corrected chi connectivity index (χ3v) is 5.44. The molecule has 10 heteroatoms. The lowest BCUT2D eigenvalue weighted by molar-refractivity contribution is -0.140. The van der Waals surface area contributed by atoms with Gasteiger partial charge >= 0.3 is 6.18 Å². The molecule has 0 saturated carbocycles. The number of hydrazine groups is 1. The van der Waals surface area contributed by atoms with Crippen LogP contribution in [0.2, 0.25) is 0 Å². The Bertz CT molecular complexity index is 1130. The van der Waals surface area contributed by atoms with E-state index in [1.165, 1.54) is 24.3 Å². The van der Waals surface area contributed by atoms with Gasteiger partial charge in [-0.1, -0.05) is 18.2 Å². The van der Waals surface area contributed by atoms with Crippen molar-refractivity contribution < 1.29 is 31.9 Å². The van der Waals surface area contributed by atoms with Gasteiger partial charge in [0.15, 0.2) is 0 Å². The normalized spacial score (nSPS) is 20.6. The third-order valence-electron chi connectivity index (χ3n) is 5.44. The summed E-state index contributed by atoms with van der Waals surface area (Å²) < 4.78 is 52.7. The molecule has 2 atom stereocenters. The van der Waals surface area contributed by atoms with Crippen LogP contribution in [-0.4, -0.2) is 17.7 Å². The van der Waals surface area contributed by atoms with E-state index in [1.807, 2.05) is 12.2 Å². The molecule has 166 valence electrons. The molecule has 2 N–H and O–H groups in total. The van der Waals surface area contributed by atoms with E-state index in [0.717, 1.165) is 5.01 Å². The largest absolute Gasteiger partial charge is 0.416 e. The summed E-state index contributed by atoms with van der Waals surface area (Å²) in [4.78, 5) is 37.9. The van der Waals surface area contributed by atoms with Gasteiger partial charge < -0.3 is 5.32 Å². The van der Waals surface area contributed by atoms with Crippen LogP contribution in [0.25, 0.3) is 0 Å². The van der Waals surface area contributed by atoms with Gasteiger partial charge in [-0.15, -0.1) is 0 Å². The van der Waals surface area contributed by atoms with Crippen molar-refractivity contribution in [2.45, 2.75) is 19.0 Å². The summed E-state index contributed by atoms with van der Waals surface area (Å²) in [5.74, 6) is -3.54. The standard InChI is InChI=1S/C22H17F4N3O3/c23-17-9-8-13(22(24,25)26)11-18(17)27-19(30)12-4-3-5-14(10-12)29-21(32)16-7-2-1-6-15(16)20(31)28-29/h1-5,8-11,15-16H,6-7H2,(H,27,30)(H,28,31)/t15-,16+/m0/s1. The number of allylic oxidation sites excluding steroid dienone is 2. The topological polar surface area (TPSA) is 78.5 Å². The number of carbonyl (C=O) groups excluding carboxylic acids is 3. The minimum atomic E-state index is -4.70. The Morgan fingerprint density at radius 2 is 1.75 bits per heavy atom. The highest BCUT2D eigenvalue weighted by Crippen LogP contribution is 2.33. The summed E-state index contributed by atoms with van der Waals surface area (Å²) >= 11 is 0. The molecule has 0 unspecified atom stereocenters. The zero-order chi connectivity index (χ0) is 23.0. The van der Waals surface area contributed by atoms with Crippen LogP contribution in [0, 0.1) is 17.7 Å². The van der Waals surface area contributed by atoms with Gasteiger partial charge in [-0.3, -0.25) is 19.8 Å². The van der Waals surface area contributed by atoms with Crippen LogP contribution in [0.15, 0.2) is 54.6 Å². The lowest BCUT2D eigenvalue weighted by atomic mass is 9.80. The SMILES string of the molecule is O=C(Nc1cc(C(F)(F)F)ccc1F)c1cccc(N2NC(=O)[C@H]3CC=CC[C@H]3C2=O)c1. The van der Waals surface area contributed by atoms with Crippen LogP contribution < -0.4 is 15.8 Å². The molecule has 0 radical (unpaired) electrons. The Hall–Kier alpha value is -3.69. The van der Waals surface area contributed by atoms with Gasteiger partial charge in [0.05, 0.1) is 28.8 Å². The molecule has 2 aromatic rings.